The average Bonchev–Trinajstić information content (AvgIpc) is 2.78. The van der Waals surface area contributed by atoms with Crippen LogP contribution in [-0.2, 0) is 6.42 Å². The molecule has 0 bridgehead atoms. The van der Waals surface area contributed by atoms with Crippen molar-refractivity contribution < 1.29 is 0 Å². The second-order valence-corrected chi connectivity index (χ2v) is 5.57. The first-order valence-corrected chi connectivity index (χ1v) is 7.32. The highest BCUT2D eigenvalue weighted by atomic mass is 32.2. The van der Waals surface area contributed by atoms with E-state index in [-0.39, 0.29) is 0 Å². The third-order valence-electron chi connectivity index (χ3n) is 3.29. The number of pyridine rings is 1. The minimum Gasteiger partial charge on any atom is -0.314 e. The van der Waals surface area contributed by atoms with Crippen LogP contribution < -0.4 is 5.32 Å². The lowest BCUT2D eigenvalue weighted by Crippen LogP contribution is -2.28. The highest BCUT2D eigenvalue weighted by Crippen LogP contribution is 2.27. The summed E-state index contributed by atoms with van der Waals surface area (Å²) in [6.45, 7) is 1.08. The van der Waals surface area contributed by atoms with Gasteiger partial charge in [-0.2, -0.15) is 11.8 Å². The second kappa shape index (κ2) is 6.26. The predicted octanol–water partition coefficient (Wildman–Crippen LogP) is 2.50. The standard InChI is InChI=1S/C13H20N2S/c1-16-13-5-4-12(9-13)15-8-6-11-3-2-7-14-10-11/h2-3,7,10,12-13,15H,4-6,8-9H2,1H3. The fourth-order valence-electron chi connectivity index (χ4n) is 2.31. The van der Waals surface area contributed by atoms with Gasteiger partial charge in [0.05, 0.1) is 0 Å². The Labute approximate surface area is 102 Å². The summed E-state index contributed by atoms with van der Waals surface area (Å²) in [4.78, 5) is 4.13. The third-order valence-corrected chi connectivity index (χ3v) is 4.38. The number of hydrogen-bond acceptors (Lipinski definition) is 3. The number of rotatable bonds is 5. The molecule has 1 heterocycles. The van der Waals surface area contributed by atoms with Crippen LogP contribution in [0.15, 0.2) is 24.5 Å². The van der Waals surface area contributed by atoms with Gasteiger partial charge in [0.15, 0.2) is 0 Å². The quantitative estimate of drug-likeness (QED) is 0.850. The summed E-state index contributed by atoms with van der Waals surface area (Å²) in [6.07, 6.45) is 11.2. The van der Waals surface area contributed by atoms with Gasteiger partial charge in [-0.05, 0) is 50.1 Å². The normalized spacial score (nSPS) is 24.8. The Morgan fingerprint density at radius 2 is 2.44 bits per heavy atom. The lowest BCUT2D eigenvalue weighted by molar-refractivity contribution is 0.528. The lowest BCUT2D eigenvalue weighted by Gasteiger charge is -2.12. The number of nitrogens with one attached hydrogen (secondary N) is 1. The van der Waals surface area contributed by atoms with Crippen LogP contribution in [0.1, 0.15) is 24.8 Å². The van der Waals surface area contributed by atoms with E-state index in [0.717, 1.165) is 24.3 Å². The fourth-order valence-corrected chi connectivity index (χ4v) is 3.10. The lowest BCUT2D eigenvalue weighted by atomic mass is 10.2. The van der Waals surface area contributed by atoms with E-state index in [0.29, 0.717) is 0 Å². The van der Waals surface area contributed by atoms with Crippen LogP contribution in [0.4, 0.5) is 0 Å². The summed E-state index contributed by atoms with van der Waals surface area (Å²) in [6, 6.07) is 4.90. The summed E-state index contributed by atoms with van der Waals surface area (Å²) in [5, 5.41) is 4.54. The highest BCUT2D eigenvalue weighted by molar-refractivity contribution is 7.99. The third kappa shape index (κ3) is 3.49. The summed E-state index contributed by atoms with van der Waals surface area (Å²) in [7, 11) is 0. The Hall–Kier alpha value is -0.540. The molecule has 2 nitrogen and oxygen atoms in total. The van der Waals surface area contributed by atoms with Crippen molar-refractivity contribution in [3.05, 3.63) is 30.1 Å². The zero-order valence-corrected chi connectivity index (χ0v) is 10.7. The molecular formula is C13H20N2S. The molecule has 3 heteroatoms. The molecule has 0 saturated heterocycles. The Bertz CT molecular complexity index is 302. The number of nitrogens with zero attached hydrogens (tertiary/aromatic N) is 1. The maximum Gasteiger partial charge on any atom is 0.0300 e. The van der Waals surface area contributed by atoms with Gasteiger partial charge in [0.2, 0.25) is 0 Å². The van der Waals surface area contributed by atoms with E-state index < -0.39 is 0 Å². The van der Waals surface area contributed by atoms with Gasteiger partial charge in [-0.15, -0.1) is 0 Å². The first-order valence-electron chi connectivity index (χ1n) is 6.03. The molecule has 2 unspecified atom stereocenters. The van der Waals surface area contributed by atoms with Crippen LogP contribution in [-0.4, -0.2) is 29.1 Å². The van der Waals surface area contributed by atoms with Crippen molar-refractivity contribution >= 4 is 11.8 Å². The van der Waals surface area contributed by atoms with Crippen molar-refractivity contribution in [2.45, 2.75) is 37.0 Å². The highest BCUT2D eigenvalue weighted by Gasteiger charge is 2.22. The van der Waals surface area contributed by atoms with Crippen LogP contribution in [0.5, 0.6) is 0 Å². The number of aromatic nitrogens is 1. The second-order valence-electron chi connectivity index (χ2n) is 4.43. The first-order chi connectivity index (χ1) is 7.88. The van der Waals surface area contributed by atoms with Crippen LogP contribution in [0.25, 0.3) is 0 Å². The molecule has 88 valence electrons. The molecule has 0 aliphatic heterocycles. The molecule has 2 rings (SSSR count). The van der Waals surface area contributed by atoms with E-state index in [1.165, 1.54) is 24.8 Å². The molecular weight excluding hydrogens is 216 g/mol. The molecule has 0 radical (unpaired) electrons. The van der Waals surface area contributed by atoms with Crippen LogP contribution in [0.3, 0.4) is 0 Å². The van der Waals surface area contributed by atoms with Crippen molar-refractivity contribution in [1.82, 2.24) is 10.3 Å². The maximum absolute atomic E-state index is 4.13. The van der Waals surface area contributed by atoms with Gasteiger partial charge in [0.1, 0.15) is 0 Å². The first kappa shape index (κ1) is 11.9. The molecule has 1 aromatic heterocycles. The van der Waals surface area contributed by atoms with Gasteiger partial charge in [0, 0.05) is 23.7 Å². The van der Waals surface area contributed by atoms with Gasteiger partial charge < -0.3 is 5.32 Å². The Kier molecular flexibility index (Phi) is 4.67. The Morgan fingerprint density at radius 1 is 1.50 bits per heavy atom. The molecule has 16 heavy (non-hydrogen) atoms. The number of thioether (sulfide) groups is 1. The molecule has 1 fully saturated rings. The van der Waals surface area contributed by atoms with E-state index in [2.05, 4.69) is 22.6 Å². The SMILES string of the molecule is CSC1CCC(NCCc2cccnc2)C1. The van der Waals surface area contributed by atoms with Gasteiger partial charge in [0.25, 0.3) is 0 Å². The van der Waals surface area contributed by atoms with E-state index in [1.54, 1.807) is 0 Å². The van der Waals surface area contributed by atoms with Crippen molar-refractivity contribution in [2.24, 2.45) is 0 Å². The van der Waals surface area contributed by atoms with Crippen LogP contribution in [0, 0.1) is 0 Å². The molecule has 0 aromatic carbocycles. The van der Waals surface area contributed by atoms with Gasteiger partial charge >= 0.3 is 0 Å². The minimum atomic E-state index is 0.745. The van der Waals surface area contributed by atoms with Crippen molar-refractivity contribution in [2.75, 3.05) is 12.8 Å². The smallest absolute Gasteiger partial charge is 0.0300 e. The Balaban J connectivity index is 1.65. The van der Waals surface area contributed by atoms with E-state index in [1.807, 2.05) is 30.2 Å². The summed E-state index contributed by atoms with van der Waals surface area (Å²) in [5.74, 6) is 0. The molecule has 2 atom stereocenters. The molecule has 1 aromatic rings. The zero-order valence-electron chi connectivity index (χ0n) is 9.86. The summed E-state index contributed by atoms with van der Waals surface area (Å²) < 4.78 is 0. The summed E-state index contributed by atoms with van der Waals surface area (Å²) in [5.41, 5.74) is 1.33. The minimum absolute atomic E-state index is 0.745. The van der Waals surface area contributed by atoms with Crippen molar-refractivity contribution in [1.29, 1.82) is 0 Å². The van der Waals surface area contributed by atoms with Crippen molar-refractivity contribution in [3.63, 3.8) is 0 Å². The molecule has 1 saturated carbocycles. The fraction of sp³-hybridized carbons (Fsp3) is 0.615. The molecule has 1 aliphatic rings. The summed E-state index contributed by atoms with van der Waals surface area (Å²) >= 11 is 2.02. The van der Waals surface area contributed by atoms with E-state index >= 15 is 0 Å². The van der Waals surface area contributed by atoms with Gasteiger partial charge in [-0.3, -0.25) is 4.98 Å². The molecule has 0 spiro atoms. The Morgan fingerprint density at radius 3 is 3.12 bits per heavy atom. The van der Waals surface area contributed by atoms with Crippen LogP contribution >= 0.6 is 11.8 Å². The number of hydrogen-bond donors (Lipinski definition) is 1. The average molecular weight is 236 g/mol. The molecule has 1 N–H and O–H groups in total. The predicted molar refractivity (Wildman–Crippen MR) is 70.9 cm³/mol. The molecule has 0 amide bonds. The largest absolute Gasteiger partial charge is 0.314 e. The van der Waals surface area contributed by atoms with Crippen molar-refractivity contribution in [3.8, 4) is 0 Å². The zero-order chi connectivity index (χ0) is 11.2. The van der Waals surface area contributed by atoms with E-state index in [9.17, 15) is 0 Å². The van der Waals surface area contributed by atoms with E-state index in [4.69, 9.17) is 0 Å². The van der Waals surface area contributed by atoms with Crippen LogP contribution in [0.2, 0.25) is 0 Å². The molecule has 1 aliphatic carbocycles. The van der Waals surface area contributed by atoms with Gasteiger partial charge in [-0.1, -0.05) is 6.07 Å². The monoisotopic (exact) mass is 236 g/mol. The topological polar surface area (TPSA) is 24.9 Å². The maximum atomic E-state index is 4.13. The van der Waals surface area contributed by atoms with Gasteiger partial charge in [-0.25, -0.2) is 0 Å².